The number of rotatable bonds is 3. The Labute approximate surface area is 152 Å². The zero-order valence-corrected chi connectivity index (χ0v) is 15.0. The van der Waals surface area contributed by atoms with E-state index in [1.54, 1.807) is 0 Å². The molecule has 3 aromatic rings. The van der Waals surface area contributed by atoms with Crippen LogP contribution in [0.5, 0.6) is 0 Å². The Morgan fingerprint density at radius 2 is 1.85 bits per heavy atom. The first-order valence-electron chi connectivity index (χ1n) is 8.90. The van der Waals surface area contributed by atoms with Gasteiger partial charge in [0, 0.05) is 17.7 Å². The van der Waals surface area contributed by atoms with Crippen LogP contribution in [0.15, 0.2) is 53.1 Å². The number of amides is 1. The van der Waals surface area contributed by atoms with Crippen molar-refractivity contribution in [1.29, 1.82) is 0 Å². The summed E-state index contributed by atoms with van der Waals surface area (Å²) >= 11 is 0. The maximum atomic E-state index is 13.0. The first-order valence-corrected chi connectivity index (χ1v) is 8.90. The number of hydrogen-bond donors (Lipinski definition) is 0. The Balaban J connectivity index is 1.61. The van der Waals surface area contributed by atoms with Gasteiger partial charge in [0.05, 0.1) is 0 Å². The van der Waals surface area contributed by atoms with Gasteiger partial charge in [-0.2, -0.15) is 4.98 Å². The van der Waals surface area contributed by atoms with Gasteiger partial charge in [-0.3, -0.25) is 4.79 Å². The molecule has 0 aliphatic carbocycles. The van der Waals surface area contributed by atoms with Gasteiger partial charge in [-0.15, -0.1) is 0 Å². The van der Waals surface area contributed by atoms with E-state index in [1.165, 1.54) is 0 Å². The second kappa shape index (κ2) is 6.75. The molecule has 1 aliphatic rings. The van der Waals surface area contributed by atoms with Gasteiger partial charge in [0.25, 0.3) is 5.91 Å². The van der Waals surface area contributed by atoms with Crippen molar-refractivity contribution in [2.24, 2.45) is 0 Å². The molecule has 4 rings (SSSR count). The van der Waals surface area contributed by atoms with E-state index in [0.29, 0.717) is 18.3 Å². The second-order valence-corrected chi connectivity index (χ2v) is 6.86. The first-order chi connectivity index (χ1) is 12.6. The number of carbonyl (C=O) groups excluding carboxylic acids is 1. The Hall–Kier alpha value is -2.95. The van der Waals surface area contributed by atoms with E-state index in [1.807, 2.05) is 61.2 Å². The van der Waals surface area contributed by atoms with E-state index in [0.717, 1.165) is 35.1 Å². The van der Waals surface area contributed by atoms with Crippen LogP contribution in [0.25, 0.3) is 11.4 Å². The summed E-state index contributed by atoms with van der Waals surface area (Å²) in [5.74, 6) is 1.10. The van der Waals surface area contributed by atoms with Gasteiger partial charge in [0.2, 0.25) is 11.7 Å². The van der Waals surface area contributed by atoms with Gasteiger partial charge in [0.1, 0.15) is 6.04 Å². The van der Waals surface area contributed by atoms with Crippen molar-refractivity contribution in [3.63, 3.8) is 0 Å². The quantitative estimate of drug-likeness (QED) is 0.707. The smallest absolute Gasteiger partial charge is 0.254 e. The van der Waals surface area contributed by atoms with E-state index in [-0.39, 0.29) is 11.9 Å². The third-order valence-corrected chi connectivity index (χ3v) is 4.74. The fourth-order valence-corrected chi connectivity index (χ4v) is 3.61. The Kier molecular flexibility index (Phi) is 4.29. The SMILES string of the molecule is Cc1cc(C)cc(C(=O)N2CCCC2c2nc(-c3ccccc3)no2)c1. The van der Waals surface area contributed by atoms with Crippen LogP contribution in [-0.4, -0.2) is 27.5 Å². The van der Waals surface area contributed by atoms with Crippen LogP contribution in [0.4, 0.5) is 0 Å². The molecule has 1 saturated heterocycles. The first kappa shape index (κ1) is 16.5. The highest BCUT2D eigenvalue weighted by Gasteiger charge is 2.34. The standard InChI is InChI=1S/C21H21N3O2/c1-14-11-15(2)13-17(12-14)21(25)24-10-6-9-18(24)20-22-19(23-26-20)16-7-4-3-5-8-16/h3-5,7-8,11-13,18H,6,9-10H2,1-2H3. The Morgan fingerprint density at radius 1 is 1.12 bits per heavy atom. The average Bonchev–Trinajstić information content (AvgIpc) is 3.30. The molecule has 1 amide bonds. The van der Waals surface area contributed by atoms with Gasteiger partial charge < -0.3 is 9.42 Å². The summed E-state index contributed by atoms with van der Waals surface area (Å²) in [7, 11) is 0. The summed E-state index contributed by atoms with van der Waals surface area (Å²) in [6.07, 6.45) is 1.78. The zero-order valence-electron chi connectivity index (χ0n) is 15.0. The molecule has 2 aromatic carbocycles. The van der Waals surface area contributed by atoms with E-state index < -0.39 is 0 Å². The molecular formula is C21H21N3O2. The molecular weight excluding hydrogens is 326 g/mol. The maximum Gasteiger partial charge on any atom is 0.254 e. The predicted molar refractivity (Wildman–Crippen MR) is 98.7 cm³/mol. The molecule has 1 aliphatic heterocycles. The fourth-order valence-electron chi connectivity index (χ4n) is 3.61. The molecule has 1 fully saturated rings. The van der Waals surface area contributed by atoms with Crippen molar-refractivity contribution in [1.82, 2.24) is 15.0 Å². The normalized spacial score (nSPS) is 16.8. The topological polar surface area (TPSA) is 59.2 Å². The molecule has 0 radical (unpaired) electrons. The summed E-state index contributed by atoms with van der Waals surface area (Å²) in [6.45, 7) is 4.73. The van der Waals surface area contributed by atoms with Crippen molar-refractivity contribution in [2.75, 3.05) is 6.54 Å². The second-order valence-electron chi connectivity index (χ2n) is 6.86. The van der Waals surface area contributed by atoms with Crippen molar-refractivity contribution >= 4 is 5.91 Å². The summed E-state index contributed by atoms with van der Waals surface area (Å²) in [5, 5.41) is 4.10. The van der Waals surface area contributed by atoms with Crippen LogP contribution in [0.2, 0.25) is 0 Å². The Morgan fingerprint density at radius 3 is 2.58 bits per heavy atom. The molecule has 5 heteroatoms. The fraction of sp³-hybridized carbons (Fsp3) is 0.286. The molecule has 1 aromatic heterocycles. The molecule has 0 bridgehead atoms. The largest absolute Gasteiger partial charge is 0.337 e. The van der Waals surface area contributed by atoms with Crippen LogP contribution in [0, 0.1) is 13.8 Å². The molecule has 0 N–H and O–H groups in total. The minimum Gasteiger partial charge on any atom is -0.337 e. The highest BCUT2D eigenvalue weighted by Crippen LogP contribution is 2.33. The lowest BCUT2D eigenvalue weighted by molar-refractivity contribution is 0.0710. The predicted octanol–water partition coefficient (Wildman–Crippen LogP) is 4.33. The van der Waals surface area contributed by atoms with Gasteiger partial charge in [-0.1, -0.05) is 52.7 Å². The van der Waals surface area contributed by atoms with Crippen LogP contribution in [0.1, 0.15) is 46.3 Å². The third-order valence-electron chi connectivity index (χ3n) is 4.74. The number of aryl methyl sites for hydroxylation is 2. The number of carbonyl (C=O) groups is 1. The van der Waals surface area contributed by atoms with Gasteiger partial charge in [-0.25, -0.2) is 0 Å². The summed E-state index contributed by atoms with van der Waals surface area (Å²) in [5.41, 5.74) is 3.81. The van der Waals surface area contributed by atoms with E-state index >= 15 is 0 Å². The van der Waals surface area contributed by atoms with Crippen molar-refractivity contribution < 1.29 is 9.32 Å². The minimum atomic E-state index is -0.159. The highest BCUT2D eigenvalue weighted by atomic mass is 16.5. The summed E-state index contributed by atoms with van der Waals surface area (Å²) < 4.78 is 5.51. The van der Waals surface area contributed by atoms with Crippen LogP contribution < -0.4 is 0 Å². The Bertz CT molecular complexity index is 913. The summed E-state index contributed by atoms with van der Waals surface area (Å²) in [6, 6.07) is 15.5. The number of likely N-dealkylation sites (tertiary alicyclic amines) is 1. The molecule has 1 atom stereocenters. The van der Waals surface area contributed by atoms with Crippen LogP contribution in [0.3, 0.4) is 0 Å². The number of benzene rings is 2. The molecule has 0 spiro atoms. The average molecular weight is 347 g/mol. The van der Waals surface area contributed by atoms with E-state index in [4.69, 9.17) is 4.52 Å². The maximum absolute atomic E-state index is 13.0. The van der Waals surface area contributed by atoms with Crippen molar-refractivity contribution in [2.45, 2.75) is 32.7 Å². The van der Waals surface area contributed by atoms with Gasteiger partial charge >= 0.3 is 0 Å². The number of hydrogen-bond acceptors (Lipinski definition) is 4. The monoisotopic (exact) mass is 347 g/mol. The van der Waals surface area contributed by atoms with Crippen LogP contribution in [-0.2, 0) is 0 Å². The molecule has 26 heavy (non-hydrogen) atoms. The van der Waals surface area contributed by atoms with Gasteiger partial charge in [-0.05, 0) is 38.8 Å². The lowest BCUT2D eigenvalue weighted by Gasteiger charge is -2.22. The van der Waals surface area contributed by atoms with Gasteiger partial charge in [0.15, 0.2) is 0 Å². The number of aromatic nitrogens is 2. The lowest BCUT2D eigenvalue weighted by Crippen LogP contribution is -2.30. The third kappa shape index (κ3) is 3.12. The lowest BCUT2D eigenvalue weighted by atomic mass is 10.1. The number of nitrogens with zero attached hydrogens (tertiary/aromatic N) is 3. The molecule has 5 nitrogen and oxygen atoms in total. The van der Waals surface area contributed by atoms with Crippen LogP contribution >= 0.6 is 0 Å². The van der Waals surface area contributed by atoms with E-state index in [9.17, 15) is 4.79 Å². The minimum absolute atomic E-state index is 0.0266. The zero-order chi connectivity index (χ0) is 18.1. The van der Waals surface area contributed by atoms with E-state index in [2.05, 4.69) is 16.2 Å². The summed E-state index contributed by atoms with van der Waals surface area (Å²) in [4.78, 5) is 19.5. The molecule has 1 unspecified atom stereocenters. The molecule has 0 saturated carbocycles. The van der Waals surface area contributed by atoms with Crippen molar-refractivity contribution in [3.8, 4) is 11.4 Å². The molecule has 2 heterocycles. The van der Waals surface area contributed by atoms with Crippen molar-refractivity contribution in [3.05, 3.63) is 71.1 Å². The molecule has 132 valence electrons. The highest BCUT2D eigenvalue weighted by molar-refractivity contribution is 5.95.